The molecule has 0 radical (unpaired) electrons. The highest BCUT2D eigenvalue weighted by Gasteiger charge is 2.56. The summed E-state index contributed by atoms with van der Waals surface area (Å²) in [5.74, 6) is -0.0767. The molecule has 232 valence electrons. The van der Waals surface area contributed by atoms with E-state index in [1.54, 1.807) is 14.5 Å². The number of pyridine rings is 1. The van der Waals surface area contributed by atoms with Crippen LogP contribution in [0.4, 0.5) is 13.2 Å². The molecule has 2 unspecified atom stereocenters. The van der Waals surface area contributed by atoms with Crippen LogP contribution in [0.15, 0.2) is 18.3 Å². The molecule has 2 aliphatic carbocycles. The lowest BCUT2D eigenvalue weighted by Gasteiger charge is -2.37. The molecule has 14 heteroatoms. The molecule has 43 heavy (non-hydrogen) atoms. The number of rotatable bonds is 6. The molecular weight excluding hydrogens is 569 g/mol. The van der Waals surface area contributed by atoms with Crippen molar-refractivity contribution < 1.29 is 37.4 Å². The third-order valence-corrected chi connectivity index (χ3v) is 9.47. The second-order valence-electron chi connectivity index (χ2n) is 12.0. The minimum atomic E-state index is -4.58. The highest BCUT2D eigenvalue weighted by Crippen LogP contribution is 2.62. The second kappa shape index (κ2) is 11.1. The van der Waals surface area contributed by atoms with Crippen LogP contribution in [-0.4, -0.2) is 104 Å². The first-order valence-electron chi connectivity index (χ1n) is 14.7. The van der Waals surface area contributed by atoms with Gasteiger partial charge in [-0.15, -0.1) is 0 Å². The van der Waals surface area contributed by atoms with E-state index in [4.69, 9.17) is 9.84 Å². The number of amides is 3. The van der Waals surface area contributed by atoms with Crippen molar-refractivity contribution in [2.75, 3.05) is 39.3 Å². The molecule has 0 spiro atoms. The van der Waals surface area contributed by atoms with Gasteiger partial charge in [-0.2, -0.15) is 18.3 Å². The summed E-state index contributed by atoms with van der Waals surface area (Å²) in [6, 6.07) is 1.88. The van der Waals surface area contributed by atoms with Crippen LogP contribution in [0.1, 0.15) is 59.9 Å². The number of piperazine rings is 1. The fourth-order valence-corrected chi connectivity index (χ4v) is 7.02. The minimum absolute atomic E-state index is 0.0312. The standard InChI is InChI=1S/C29H35F3N6O5/c1-16-12-18(43-27-20(29(30,31)32)4-3-6-33-27)5-7-37(16)22(40)14-38-21-13-19-17(2)24(19)25(21)26(34-38)28(42)36-10-8-35(9-11-36)23(41)15-39/h3-4,6,16-19,24,39H,5,7-15H2,1-2H3/t16-,17-,18-,19?,24?/m1/s1. The molecular formula is C29H35F3N6O5. The number of aromatic nitrogens is 3. The second-order valence-corrected chi connectivity index (χ2v) is 12.0. The van der Waals surface area contributed by atoms with E-state index in [1.807, 2.05) is 6.92 Å². The van der Waals surface area contributed by atoms with E-state index < -0.39 is 30.3 Å². The Balaban J connectivity index is 1.12. The third kappa shape index (κ3) is 5.45. The van der Waals surface area contributed by atoms with Gasteiger partial charge in [0.1, 0.15) is 24.8 Å². The first-order valence-corrected chi connectivity index (χ1v) is 14.7. The van der Waals surface area contributed by atoms with Gasteiger partial charge in [0.05, 0.1) is 0 Å². The van der Waals surface area contributed by atoms with Gasteiger partial charge in [-0.05, 0) is 43.2 Å². The zero-order chi connectivity index (χ0) is 30.6. The largest absolute Gasteiger partial charge is 0.474 e. The number of aliphatic hydroxyl groups excluding tert-OH is 1. The van der Waals surface area contributed by atoms with E-state index >= 15 is 0 Å². The fourth-order valence-electron chi connectivity index (χ4n) is 7.02. The number of hydrogen-bond donors (Lipinski definition) is 1. The van der Waals surface area contributed by atoms with Gasteiger partial charge in [0, 0.05) is 69.1 Å². The maximum absolute atomic E-state index is 13.6. The molecule has 0 aromatic carbocycles. The van der Waals surface area contributed by atoms with Crippen molar-refractivity contribution in [1.82, 2.24) is 29.5 Å². The number of ether oxygens (including phenoxy) is 1. The summed E-state index contributed by atoms with van der Waals surface area (Å²) in [6.07, 6.45) is -2.37. The minimum Gasteiger partial charge on any atom is -0.474 e. The number of nitrogens with zero attached hydrogens (tertiary/aromatic N) is 6. The molecule has 1 N–H and O–H groups in total. The van der Waals surface area contributed by atoms with Gasteiger partial charge >= 0.3 is 6.18 Å². The Morgan fingerprint density at radius 1 is 1.07 bits per heavy atom. The number of halogens is 3. The van der Waals surface area contributed by atoms with Crippen LogP contribution in [0.5, 0.6) is 5.88 Å². The molecule has 3 fully saturated rings. The van der Waals surface area contributed by atoms with Crippen molar-refractivity contribution in [2.45, 2.75) is 63.9 Å². The molecule has 5 atom stereocenters. The summed E-state index contributed by atoms with van der Waals surface area (Å²) in [5.41, 5.74) is 1.30. The van der Waals surface area contributed by atoms with Crippen LogP contribution in [-0.2, 0) is 28.7 Å². The number of aliphatic hydroxyl groups is 1. The number of likely N-dealkylation sites (tertiary alicyclic amines) is 1. The zero-order valence-electron chi connectivity index (χ0n) is 24.1. The Kier molecular flexibility index (Phi) is 7.59. The van der Waals surface area contributed by atoms with Gasteiger partial charge in [-0.25, -0.2) is 4.98 Å². The molecule has 4 heterocycles. The highest BCUT2D eigenvalue weighted by molar-refractivity contribution is 5.95. The monoisotopic (exact) mass is 604 g/mol. The zero-order valence-corrected chi connectivity index (χ0v) is 24.1. The van der Waals surface area contributed by atoms with Crippen molar-refractivity contribution in [3.05, 3.63) is 40.8 Å². The Bertz CT molecular complexity index is 1420. The molecule has 11 nitrogen and oxygen atoms in total. The molecule has 2 saturated heterocycles. The lowest BCUT2D eigenvalue weighted by Crippen LogP contribution is -2.51. The van der Waals surface area contributed by atoms with Crippen LogP contribution >= 0.6 is 0 Å². The SMILES string of the molecule is C[C@@H]1C2Cc3c(c(C(=O)N4CCN(C(=O)CO)CC4)nn3CC(=O)N3CC[C@@H](Oc4ncccc4C(F)(F)F)C[C@H]3C)C21. The lowest BCUT2D eigenvalue weighted by molar-refractivity contribution is -0.140. The van der Waals surface area contributed by atoms with Crippen LogP contribution in [0.2, 0.25) is 0 Å². The Morgan fingerprint density at radius 2 is 1.79 bits per heavy atom. The van der Waals surface area contributed by atoms with E-state index in [0.29, 0.717) is 63.1 Å². The predicted octanol–water partition coefficient (Wildman–Crippen LogP) is 1.94. The third-order valence-electron chi connectivity index (χ3n) is 9.47. The summed E-state index contributed by atoms with van der Waals surface area (Å²) < 4.78 is 47.5. The van der Waals surface area contributed by atoms with Crippen LogP contribution < -0.4 is 4.74 Å². The lowest BCUT2D eigenvalue weighted by atomic mass is 10.0. The molecule has 2 aromatic heterocycles. The van der Waals surface area contributed by atoms with Gasteiger partial charge in [-0.3, -0.25) is 19.1 Å². The average Bonchev–Trinajstić information content (AvgIpc) is 3.28. The first-order chi connectivity index (χ1) is 20.5. The molecule has 4 aliphatic rings. The van der Waals surface area contributed by atoms with Crippen molar-refractivity contribution in [2.24, 2.45) is 11.8 Å². The topological polar surface area (TPSA) is 121 Å². The van der Waals surface area contributed by atoms with Gasteiger partial charge in [0.2, 0.25) is 17.7 Å². The number of piperidine rings is 1. The smallest absolute Gasteiger partial charge is 0.421 e. The quantitative estimate of drug-likeness (QED) is 0.535. The summed E-state index contributed by atoms with van der Waals surface area (Å²) in [6.45, 7) is 5.08. The predicted molar refractivity (Wildman–Crippen MR) is 145 cm³/mol. The Labute approximate surface area is 246 Å². The van der Waals surface area contributed by atoms with Crippen molar-refractivity contribution >= 4 is 17.7 Å². The summed E-state index contributed by atoms with van der Waals surface area (Å²) in [7, 11) is 0. The number of alkyl halides is 3. The van der Waals surface area contributed by atoms with E-state index in [2.05, 4.69) is 17.0 Å². The van der Waals surface area contributed by atoms with Crippen LogP contribution in [0, 0.1) is 11.8 Å². The summed E-state index contributed by atoms with van der Waals surface area (Å²) in [5, 5.41) is 13.8. The molecule has 2 aromatic rings. The van der Waals surface area contributed by atoms with Gasteiger partial charge < -0.3 is 24.5 Å². The number of hydrogen-bond acceptors (Lipinski definition) is 7. The molecule has 3 amide bonds. The number of carbonyl (C=O) groups is 3. The summed E-state index contributed by atoms with van der Waals surface area (Å²) in [4.78, 5) is 47.7. The van der Waals surface area contributed by atoms with Gasteiger partial charge in [0.25, 0.3) is 5.91 Å². The number of carbonyl (C=O) groups excluding carboxylic acids is 3. The first kappa shape index (κ1) is 29.4. The Morgan fingerprint density at radius 3 is 2.47 bits per heavy atom. The van der Waals surface area contributed by atoms with Crippen molar-refractivity contribution in [1.29, 1.82) is 0 Å². The van der Waals surface area contributed by atoms with Crippen molar-refractivity contribution in [3.8, 4) is 5.88 Å². The molecule has 0 bridgehead atoms. The normalized spacial score (nSPS) is 26.7. The van der Waals surface area contributed by atoms with E-state index in [0.717, 1.165) is 23.7 Å². The van der Waals surface area contributed by atoms with E-state index in [-0.39, 0.29) is 36.2 Å². The van der Waals surface area contributed by atoms with Crippen LogP contribution in [0.25, 0.3) is 0 Å². The van der Waals surface area contributed by atoms with Gasteiger partial charge in [0.15, 0.2) is 5.69 Å². The summed E-state index contributed by atoms with van der Waals surface area (Å²) >= 11 is 0. The molecule has 6 rings (SSSR count). The fraction of sp³-hybridized carbons (Fsp3) is 0.621. The highest BCUT2D eigenvalue weighted by atomic mass is 19.4. The van der Waals surface area contributed by atoms with Crippen LogP contribution in [0.3, 0.4) is 0 Å². The van der Waals surface area contributed by atoms with Gasteiger partial charge in [-0.1, -0.05) is 6.92 Å². The van der Waals surface area contributed by atoms with E-state index in [1.165, 1.54) is 17.2 Å². The maximum Gasteiger partial charge on any atom is 0.421 e. The molecule has 1 saturated carbocycles. The van der Waals surface area contributed by atoms with E-state index in [9.17, 15) is 27.6 Å². The maximum atomic E-state index is 13.6. The molecule has 2 aliphatic heterocycles. The average molecular weight is 605 g/mol. The Hall–Kier alpha value is -3.68. The van der Waals surface area contributed by atoms with Crippen molar-refractivity contribution in [3.63, 3.8) is 0 Å². The number of fused-ring (bicyclic) bond motifs is 3.